The van der Waals surface area contributed by atoms with Crippen molar-refractivity contribution in [2.24, 2.45) is 0 Å². The van der Waals surface area contributed by atoms with Crippen LogP contribution in [0.1, 0.15) is 45.4 Å². The van der Waals surface area contributed by atoms with Gasteiger partial charge in [-0.2, -0.15) is 0 Å². The number of hydrogen-bond acceptors (Lipinski definition) is 3. The number of rotatable bonds is 0. The second-order valence-corrected chi connectivity index (χ2v) is 5.42. The highest BCUT2D eigenvalue weighted by Crippen LogP contribution is 2.43. The second-order valence-electron chi connectivity index (χ2n) is 5.42. The minimum Gasteiger partial charge on any atom is -0.390 e. The molecule has 16 heavy (non-hydrogen) atoms. The van der Waals surface area contributed by atoms with Crippen LogP contribution >= 0.6 is 0 Å². The molecule has 0 aromatic carbocycles. The normalized spacial score (nSPS) is 41.9. The molecule has 0 radical (unpaired) electrons. The summed E-state index contributed by atoms with van der Waals surface area (Å²) in [5.41, 5.74) is 1.21. The average Bonchev–Trinajstić information content (AvgIpc) is 2.57. The SMILES string of the molecule is CC1=C[C@H]2OC3(CCCCC3)O[C@H]2[C@H](O)C1. The molecular weight excluding hydrogens is 204 g/mol. The van der Waals surface area contributed by atoms with Crippen molar-refractivity contribution < 1.29 is 14.6 Å². The third-order valence-corrected chi connectivity index (χ3v) is 4.00. The summed E-state index contributed by atoms with van der Waals surface area (Å²) in [4.78, 5) is 0. The minimum absolute atomic E-state index is 0.0261. The Balaban J connectivity index is 1.80. The van der Waals surface area contributed by atoms with Crippen LogP contribution in [0.4, 0.5) is 0 Å². The van der Waals surface area contributed by atoms with Crippen LogP contribution in [0.15, 0.2) is 11.6 Å². The summed E-state index contributed by atoms with van der Waals surface area (Å²) in [6.07, 6.45) is 7.90. The Kier molecular flexibility index (Phi) is 2.57. The van der Waals surface area contributed by atoms with Gasteiger partial charge in [0.1, 0.15) is 12.2 Å². The molecule has 0 bridgehead atoms. The van der Waals surface area contributed by atoms with E-state index in [2.05, 4.69) is 13.0 Å². The lowest BCUT2D eigenvalue weighted by atomic mass is 9.93. The van der Waals surface area contributed by atoms with Crippen LogP contribution in [0, 0.1) is 0 Å². The molecule has 0 aromatic rings. The molecular formula is C13H20O3. The smallest absolute Gasteiger partial charge is 0.169 e. The van der Waals surface area contributed by atoms with Crippen molar-refractivity contribution in [2.45, 2.75) is 69.5 Å². The Morgan fingerprint density at radius 2 is 2.00 bits per heavy atom. The van der Waals surface area contributed by atoms with Crippen molar-refractivity contribution in [3.05, 3.63) is 11.6 Å². The van der Waals surface area contributed by atoms with Crippen molar-refractivity contribution in [1.82, 2.24) is 0 Å². The molecule has 1 saturated carbocycles. The quantitative estimate of drug-likeness (QED) is 0.641. The fourth-order valence-corrected chi connectivity index (χ4v) is 3.20. The van der Waals surface area contributed by atoms with Gasteiger partial charge >= 0.3 is 0 Å². The Bertz CT molecular complexity index is 304. The lowest BCUT2D eigenvalue weighted by molar-refractivity contribution is -0.197. The van der Waals surface area contributed by atoms with Crippen molar-refractivity contribution >= 4 is 0 Å². The van der Waals surface area contributed by atoms with E-state index in [-0.39, 0.29) is 18.0 Å². The first-order valence-electron chi connectivity index (χ1n) is 6.40. The third-order valence-electron chi connectivity index (χ3n) is 4.00. The molecule has 1 saturated heterocycles. The summed E-state index contributed by atoms with van der Waals surface area (Å²) in [6, 6.07) is 0. The van der Waals surface area contributed by atoms with Crippen molar-refractivity contribution in [1.29, 1.82) is 0 Å². The van der Waals surface area contributed by atoms with Gasteiger partial charge in [0, 0.05) is 12.8 Å². The van der Waals surface area contributed by atoms with Crippen LogP contribution in [0.2, 0.25) is 0 Å². The molecule has 3 aliphatic rings. The number of aliphatic hydroxyl groups is 1. The van der Waals surface area contributed by atoms with Crippen molar-refractivity contribution in [3.8, 4) is 0 Å². The van der Waals surface area contributed by atoms with Gasteiger partial charge in [-0.3, -0.25) is 0 Å². The summed E-state index contributed by atoms with van der Waals surface area (Å²) in [7, 11) is 0. The van der Waals surface area contributed by atoms with Crippen LogP contribution in [0.5, 0.6) is 0 Å². The van der Waals surface area contributed by atoms with Crippen LogP contribution in [0.25, 0.3) is 0 Å². The maximum Gasteiger partial charge on any atom is 0.169 e. The van der Waals surface area contributed by atoms with E-state index in [1.807, 2.05) is 0 Å². The number of fused-ring (bicyclic) bond motifs is 1. The molecule has 0 aromatic heterocycles. The zero-order valence-electron chi connectivity index (χ0n) is 9.82. The molecule has 2 fully saturated rings. The fourth-order valence-electron chi connectivity index (χ4n) is 3.20. The van der Waals surface area contributed by atoms with E-state index in [4.69, 9.17) is 9.47 Å². The number of aliphatic hydroxyl groups excluding tert-OH is 1. The van der Waals surface area contributed by atoms with Crippen molar-refractivity contribution in [3.63, 3.8) is 0 Å². The van der Waals surface area contributed by atoms with E-state index in [0.29, 0.717) is 0 Å². The van der Waals surface area contributed by atoms with E-state index in [0.717, 1.165) is 19.3 Å². The Morgan fingerprint density at radius 1 is 1.25 bits per heavy atom. The summed E-state index contributed by atoms with van der Waals surface area (Å²) >= 11 is 0. The zero-order chi connectivity index (χ0) is 11.2. The van der Waals surface area contributed by atoms with Crippen LogP contribution in [0.3, 0.4) is 0 Å². The molecule has 1 aliphatic heterocycles. The molecule has 3 atom stereocenters. The largest absolute Gasteiger partial charge is 0.390 e. The Hall–Kier alpha value is -0.380. The fraction of sp³-hybridized carbons (Fsp3) is 0.846. The molecule has 90 valence electrons. The highest BCUT2D eigenvalue weighted by Gasteiger charge is 2.50. The highest BCUT2D eigenvalue weighted by molar-refractivity contribution is 5.15. The maximum absolute atomic E-state index is 10.0. The van der Waals surface area contributed by atoms with Gasteiger partial charge in [-0.15, -0.1) is 0 Å². The van der Waals surface area contributed by atoms with E-state index >= 15 is 0 Å². The molecule has 1 heterocycles. The lowest BCUT2D eigenvalue weighted by Crippen LogP contribution is -2.38. The Labute approximate surface area is 96.4 Å². The average molecular weight is 224 g/mol. The van der Waals surface area contributed by atoms with Crippen LogP contribution < -0.4 is 0 Å². The predicted octanol–water partition coefficient (Wildman–Crippen LogP) is 2.14. The summed E-state index contributed by atoms with van der Waals surface area (Å²) in [6.45, 7) is 2.05. The van der Waals surface area contributed by atoms with Gasteiger partial charge < -0.3 is 14.6 Å². The second kappa shape index (κ2) is 3.83. The summed E-state index contributed by atoms with van der Waals surface area (Å²) in [5.74, 6) is -0.379. The minimum atomic E-state index is -0.392. The van der Waals surface area contributed by atoms with Gasteiger partial charge in [-0.1, -0.05) is 18.1 Å². The van der Waals surface area contributed by atoms with Gasteiger partial charge in [-0.05, 0) is 26.2 Å². The first kappa shape index (κ1) is 10.8. The predicted molar refractivity (Wildman–Crippen MR) is 59.9 cm³/mol. The van der Waals surface area contributed by atoms with Gasteiger partial charge in [-0.25, -0.2) is 0 Å². The highest BCUT2D eigenvalue weighted by atomic mass is 16.8. The molecule has 1 N–H and O–H groups in total. The summed E-state index contributed by atoms with van der Waals surface area (Å²) < 4.78 is 12.1. The standard InChI is InChI=1S/C13H20O3/c1-9-7-10(14)12-11(8-9)15-13(16-12)5-3-2-4-6-13/h8,10-12,14H,2-7H2,1H3/t10-,11-,12+/m1/s1. The maximum atomic E-state index is 10.0. The molecule has 3 heteroatoms. The molecule has 0 amide bonds. The van der Waals surface area contributed by atoms with Crippen LogP contribution in [-0.2, 0) is 9.47 Å². The van der Waals surface area contributed by atoms with Gasteiger partial charge in [0.2, 0.25) is 0 Å². The molecule has 3 nitrogen and oxygen atoms in total. The van der Waals surface area contributed by atoms with E-state index in [1.165, 1.54) is 24.8 Å². The van der Waals surface area contributed by atoms with Crippen molar-refractivity contribution in [2.75, 3.05) is 0 Å². The summed E-state index contributed by atoms with van der Waals surface area (Å²) in [5, 5.41) is 10.0. The molecule has 3 rings (SSSR count). The van der Waals surface area contributed by atoms with E-state index in [9.17, 15) is 5.11 Å². The zero-order valence-corrected chi connectivity index (χ0v) is 9.82. The molecule has 0 unspecified atom stereocenters. The molecule has 2 aliphatic carbocycles. The number of ether oxygens (including phenoxy) is 2. The first-order chi connectivity index (χ1) is 7.69. The first-order valence-corrected chi connectivity index (χ1v) is 6.40. The van der Waals surface area contributed by atoms with E-state index in [1.54, 1.807) is 0 Å². The topological polar surface area (TPSA) is 38.7 Å². The van der Waals surface area contributed by atoms with Gasteiger partial charge in [0.15, 0.2) is 5.79 Å². The van der Waals surface area contributed by atoms with E-state index < -0.39 is 6.10 Å². The number of hydrogen-bond donors (Lipinski definition) is 1. The van der Waals surface area contributed by atoms with Gasteiger partial charge in [0.25, 0.3) is 0 Å². The third kappa shape index (κ3) is 1.71. The monoisotopic (exact) mass is 224 g/mol. The molecule has 1 spiro atoms. The van der Waals surface area contributed by atoms with Crippen LogP contribution in [-0.4, -0.2) is 29.2 Å². The van der Waals surface area contributed by atoms with Gasteiger partial charge in [0.05, 0.1) is 6.10 Å². The Morgan fingerprint density at radius 3 is 2.75 bits per heavy atom. The lowest BCUT2D eigenvalue weighted by Gasteiger charge is -2.32.